The number of amides is 1. The maximum absolute atomic E-state index is 13.1. The summed E-state index contributed by atoms with van der Waals surface area (Å²) >= 11 is 0. The van der Waals surface area contributed by atoms with Gasteiger partial charge in [-0.3, -0.25) is 14.4 Å². The molecule has 33 heavy (non-hydrogen) atoms. The van der Waals surface area contributed by atoms with Crippen LogP contribution in [0, 0.1) is 6.92 Å². The lowest BCUT2D eigenvalue weighted by atomic mass is 10.1. The van der Waals surface area contributed by atoms with Gasteiger partial charge in [0.05, 0.1) is 12.0 Å². The number of nitrogens with zero attached hydrogens (tertiary/aromatic N) is 5. The van der Waals surface area contributed by atoms with Crippen molar-refractivity contribution in [3.63, 3.8) is 0 Å². The average Bonchev–Trinajstić information content (AvgIpc) is 3.26. The zero-order chi connectivity index (χ0) is 22.9. The third kappa shape index (κ3) is 3.80. The summed E-state index contributed by atoms with van der Waals surface area (Å²) in [6.07, 6.45) is 5.11. The molecule has 1 aromatic carbocycles. The van der Waals surface area contributed by atoms with Crippen LogP contribution in [0.3, 0.4) is 0 Å². The Labute approximate surface area is 190 Å². The molecule has 0 radical (unpaired) electrons. The lowest BCUT2D eigenvalue weighted by Crippen LogP contribution is -2.46. The smallest absolute Gasteiger partial charge is 0.275 e. The van der Waals surface area contributed by atoms with Crippen LogP contribution in [0.2, 0.25) is 0 Å². The maximum Gasteiger partial charge on any atom is 0.275 e. The third-order valence-corrected chi connectivity index (χ3v) is 5.96. The number of imidazole rings is 1. The van der Waals surface area contributed by atoms with Crippen LogP contribution in [0.4, 0.5) is 0 Å². The monoisotopic (exact) mass is 441 g/mol. The second-order valence-corrected chi connectivity index (χ2v) is 8.06. The molecule has 0 bridgehead atoms. The minimum atomic E-state index is -0.218. The Balaban J connectivity index is 1.36. The Morgan fingerprint density at radius 2 is 1.70 bits per heavy atom. The van der Waals surface area contributed by atoms with Crippen LogP contribution in [0.1, 0.15) is 16.2 Å². The molecule has 1 aliphatic rings. The number of carbonyl (C=O) groups is 1. The van der Waals surface area contributed by atoms with E-state index in [1.54, 1.807) is 44.9 Å². The molecule has 3 aromatic heterocycles. The van der Waals surface area contributed by atoms with Crippen LogP contribution in [0.25, 0.3) is 16.8 Å². The van der Waals surface area contributed by atoms with E-state index in [2.05, 4.69) is 4.98 Å². The van der Waals surface area contributed by atoms with Crippen molar-refractivity contribution < 1.29 is 4.79 Å². The molecule has 0 N–H and O–H groups in total. The Hall–Kier alpha value is -4.20. The van der Waals surface area contributed by atoms with Gasteiger partial charge in [-0.2, -0.15) is 0 Å². The summed E-state index contributed by atoms with van der Waals surface area (Å²) in [5, 5.41) is 0. The highest BCUT2D eigenvalue weighted by molar-refractivity contribution is 5.93. The second kappa shape index (κ2) is 8.38. The summed E-state index contributed by atoms with van der Waals surface area (Å²) in [5.41, 5.74) is 2.81. The molecule has 1 aliphatic heterocycles. The average molecular weight is 441 g/mol. The first-order chi connectivity index (χ1) is 16.0. The van der Waals surface area contributed by atoms with Crippen LogP contribution in [0.5, 0.6) is 0 Å². The van der Waals surface area contributed by atoms with Crippen molar-refractivity contribution >= 4 is 5.91 Å². The molecule has 0 aliphatic carbocycles. The highest BCUT2D eigenvalue weighted by Crippen LogP contribution is 2.15. The molecule has 166 valence electrons. The fraction of sp³-hybridized carbons (Fsp3) is 0.200. The van der Waals surface area contributed by atoms with Crippen LogP contribution in [0.15, 0.2) is 82.9 Å². The molecule has 8 heteroatoms. The number of hydrogen-bond acceptors (Lipinski definition) is 4. The molecule has 4 heterocycles. The summed E-state index contributed by atoms with van der Waals surface area (Å²) in [4.78, 5) is 44.9. The van der Waals surface area contributed by atoms with Gasteiger partial charge in [0, 0.05) is 44.1 Å². The van der Waals surface area contributed by atoms with E-state index < -0.39 is 0 Å². The van der Waals surface area contributed by atoms with Gasteiger partial charge >= 0.3 is 0 Å². The Morgan fingerprint density at radius 1 is 0.879 bits per heavy atom. The predicted octanol–water partition coefficient (Wildman–Crippen LogP) is 2.33. The van der Waals surface area contributed by atoms with E-state index in [0.717, 1.165) is 11.3 Å². The fourth-order valence-corrected chi connectivity index (χ4v) is 4.20. The van der Waals surface area contributed by atoms with E-state index >= 15 is 0 Å². The van der Waals surface area contributed by atoms with Crippen molar-refractivity contribution in [3.8, 4) is 16.8 Å². The van der Waals surface area contributed by atoms with Gasteiger partial charge in [0.2, 0.25) is 0 Å². The van der Waals surface area contributed by atoms with Crippen molar-refractivity contribution in [2.24, 2.45) is 0 Å². The summed E-state index contributed by atoms with van der Waals surface area (Å²) in [5.74, 6) is -0.209. The van der Waals surface area contributed by atoms with E-state index in [-0.39, 0.29) is 17.0 Å². The summed E-state index contributed by atoms with van der Waals surface area (Å²) in [6.45, 7) is 3.43. The first-order valence-electron chi connectivity index (χ1n) is 10.8. The lowest BCUT2D eigenvalue weighted by Gasteiger charge is -2.30. The minimum absolute atomic E-state index is 0.0926. The van der Waals surface area contributed by atoms with Crippen molar-refractivity contribution in [1.82, 2.24) is 23.6 Å². The molecule has 5 rings (SSSR count). The van der Waals surface area contributed by atoms with Gasteiger partial charge in [-0.25, -0.2) is 4.98 Å². The number of carbonyl (C=O) groups excluding carboxylic acids is 1. The van der Waals surface area contributed by atoms with Crippen molar-refractivity contribution in [2.75, 3.05) is 13.1 Å². The number of rotatable bonds is 5. The number of hydrogen-bond donors (Lipinski definition) is 0. The fourth-order valence-electron chi connectivity index (χ4n) is 4.20. The van der Waals surface area contributed by atoms with Crippen molar-refractivity contribution in [1.29, 1.82) is 0 Å². The van der Waals surface area contributed by atoms with E-state index in [9.17, 15) is 14.4 Å². The third-order valence-electron chi connectivity index (χ3n) is 5.96. The normalized spacial score (nSPS) is 13.2. The van der Waals surface area contributed by atoms with Crippen molar-refractivity contribution in [3.05, 3.63) is 105 Å². The SMILES string of the molecule is Cc1cn(-c2ccc3n(c2=O)CCN(CCn2cccc(-c4ccccc4)c2=O)C3=O)cn1. The summed E-state index contributed by atoms with van der Waals surface area (Å²) < 4.78 is 4.82. The van der Waals surface area contributed by atoms with Gasteiger partial charge in [-0.1, -0.05) is 30.3 Å². The van der Waals surface area contributed by atoms with Crippen LogP contribution in [-0.4, -0.2) is 42.6 Å². The Kier molecular flexibility index (Phi) is 5.26. The largest absolute Gasteiger partial charge is 0.334 e. The molecule has 0 unspecified atom stereocenters. The molecule has 0 spiro atoms. The zero-order valence-corrected chi connectivity index (χ0v) is 18.2. The highest BCUT2D eigenvalue weighted by atomic mass is 16.2. The van der Waals surface area contributed by atoms with Gasteiger partial charge in [0.1, 0.15) is 11.4 Å². The van der Waals surface area contributed by atoms with Gasteiger partial charge in [-0.15, -0.1) is 0 Å². The van der Waals surface area contributed by atoms with Gasteiger partial charge in [-0.05, 0) is 36.8 Å². The van der Waals surface area contributed by atoms with E-state index in [1.807, 2.05) is 49.4 Å². The van der Waals surface area contributed by atoms with Crippen LogP contribution >= 0.6 is 0 Å². The number of aromatic nitrogens is 4. The van der Waals surface area contributed by atoms with Gasteiger partial charge in [0.25, 0.3) is 17.0 Å². The molecule has 0 saturated carbocycles. The van der Waals surface area contributed by atoms with E-state index in [1.165, 1.54) is 4.57 Å². The van der Waals surface area contributed by atoms with Gasteiger partial charge < -0.3 is 18.6 Å². The number of fused-ring (bicyclic) bond motifs is 1. The number of aryl methyl sites for hydroxylation is 1. The number of benzene rings is 1. The molecular formula is C25H23N5O3. The second-order valence-electron chi connectivity index (χ2n) is 8.06. The molecule has 4 aromatic rings. The molecule has 1 amide bonds. The molecular weight excluding hydrogens is 418 g/mol. The predicted molar refractivity (Wildman–Crippen MR) is 125 cm³/mol. The van der Waals surface area contributed by atoms with Crippen LogP contribution < -0.4 is 11.1 Å². The zero-order valence-electron chi connectivity index (χ0n) is 18.2. The first kappa shape index (κ1) is 20.7. The van der Waals surface area contributed by atoms with Crippen molar-refractivity contribution in [2.45, 2.75) is 20.0 Å². The quantitative estimate of drug-likeness (QED) is 0.476. The molecule has 0 fully saturated rings. The van der Waals surface area contributed by atoms with Crippen LogP contribution in [-0.2, 0) is 13.1 Å². The highest BCUT2D eigenvalue weighted by Gasteiger charge is 2.26. The summed E-state index contributed by atoms with van der Waals surface area (Å²) in [7, 11) is 0. The Morgan fingerprint density at radius 3 is 2.45 bits per heavy atom. The Bertz CT molecular complexity index is 1450. The standard InChI is InChI=1S/C25H23N5O3/c1-18-16-29(17-26-18)21-9-10-22-24(32)28(14-15-30(22)25(21)33)13-12-27-11-5-8-20(23(27)31)19-6-3-2-4-7-19/h2-11,16-17H,12-15H2,1H3. The maximum atomic E-state index is 13.1. The molecule has 0 atom stereocenters. The van der Waals surface area contributed by atoms with Gasteiger partial charge in [0.15, 0.2) is 0 Å². The molecule has 0 saturated heterocycles. The molecule has 8 nitrogen and oxygen atoms in total. The first-order valence-corrected chi connectivity index (χ1v) is 10.8. The van der Waals surface area contributed by atoms with E-state index in [4.69, 9.17) is 0 Å². The minimum Gasteiger partial charge on any atom is -0.334 e. The topological polar surface area (TPSA) is 82.1 Å². The van der Waals surface area contributed by atoms with E-state index in [0.29, 0.717) is 43.1 Å². The summed E-state index contributed by atoms with van der Waals surface area (Å²) in [6, 6.07) is 16.5. The number of pyridine rings is 2. The lowest BCUT2D eigenvalue weighted by molar-refractivity contribution is 0.0693.